The largest absolute Gasteiger partial charge is 0.618 e. The lowest BCUT2D eigenvalue weighted by Gasteiger charge is -2.31. The van der Waals surface area contributed by atoms with Crippen LogP contribution in [0.15, 0.2) is 40.3 Å². The van der Waals surface area contributed by atoms with Gasteiger partial charge in [0.15, 0.2) is 5.60 Å². The highest BCUT2D eigenvalue weighted by molar-refractivity contribution is 6.00. The van der Waals surface area contributed by atoms with Crippen LogP contribution in [-0.4, -0.2) is 27.5 Å². The molecule has 4 heterocycles. The van der Waals surface area contributed by atoms with Gasteiger partial charge in [-0.2, -0.15) is 4.73 Å². The van der Waals surface area contributed by atoms with E-state index in [2.05, 4.69) is 5.16 Å². The van der Waals surface area contributed by atoms with E-state index in [1.807, 2.05) is 32.9 Å². The van der Waals surface area contributed by atoms with E-state index in [1.54, 1.807) is 31.3 Å². The van der Waals surface area contributed by atoms with Gasteiger partial charge in [0.2, 0.25) is 11.2 Å². The summed E-state index contributed by atoms with van der Waals surface area (Å²) in [6, 6.07) is 8.68. The van der Waals surface area contributed by atoms with Gasteiger partial charge in [0, 0.05) is 17.2 Å². The van der Waals surface area contributed by atoms with E-state index in [0.717, 1.165) is 4.73 Å². The number of aliphatic hydroxyl groups is 1. The average molecular weight is 463 g/mol. The van der Waals surface area contributed by atoms with Gasteiger partial charge in [0.05, 0.1) is 29.3 Å². The van der Waals surface area contributed by atoms with Crippen molar-refractivity contribution in [1.82, 2.24) is 4.57 Å². The summed E-state index contributed by atoms with van der Waals surface area (Å²) in [4.78, 5) is 31.4. The summed E-state index contributed by atoms with van der Waals surface area (Å²) in [5, 5.41) is 29.4. The maximum Gasteiger partial charge on any atom is 0.343 e. The molecule has 0 radical (unpaired) electrons. The molecule has 34 heavy (non-hydrogen) atoms. The van der Waals surface area contributed by atoms with Crippen LogP contribution in [0.3, 0.4) is 0 Å². The predicted molar refractivity (Wildman–Crippen MR) is 124 cm³/mol. The first-order chi connectivity index (χ1) is 16.1. The van der Waals surface area contributed by atoms with Crippen molar-refractivity contribution in [2.24, 2.45) is 5.16 Å². The second-order valence-electron chi connectivity index (χ2n) is 9.59. The van der Waals surface area contributed by atoms with Crippen molar-refractivity contribution in [1.29, 1.82) is 0 Å². The SMILES string of the molecule is CC[C@@]1(O)C(=O)OCc2c1cc1n(c2=O)Cc2c(/C=N/OC(C)(C)C)c3ccccc3[n+]([O-])c2-1. The molecule has 2 aliphatic rings. The number of hydrogen-bond donors (Lipinski definition) is 1. The minimum Gasteiger partial charge on any atom is -0.618 e. The standard InChI is InChI=1S/C25H25N3O6/c1-5-25(31)18-10-20-21-16(12-27(20)22(29)17(18)13-33-23(25)30)15(11-26-34-24(2,3)4)14-8-6-7-9-19(14)28(21)32/h6-11,31H,5,12-13H2,1-4H3/b26-11+/t25-/m0/s1. The zero-order valence-electron chi connectivity index (χ0n) is 19.4. The van der Waals surface area contributed by atoms with Crippen LogP contribution in [0, 0.1) is 5.21 Å². The Balaban J connectivity index is 1.80. The molecule has 0 fully saturated rings. The lowest BCUT2D eigenvalue weighted by Crippen LogP contribution is -2.44. The number of carbonyl (C=O) groups excluding carboxylic acids is 1. The van der Waals surface area contributed by atoms with Crippen LogP contribution < -0.4 is 10.3 Å². The highest BCUT2D eigenvalue weighted by atomic mass is 16.6. The van der Waals surface area contributed by atoms with Crippen LogP contribution in [0.2, 0.25) is 0 Å². The second-order valence-corrected chi connectivity index (χ2v) is 9.59. The van der Waals surface area contributed by atoms with Gasteiger partial charge in [-0.3, -0.25) is 9.36 Å². The Morgan fingerprint density at radius 3 is 2.74 bits per heavy atom. The molecule has 9 heteroatoms. The molecular weight excluding hydrogens is 438 g/mol. The lowest BCUT2D eigenvalue weighted by molar-refractivity contribution is -0.565. The molecule has 2 aromatic heterocycles. The topological polar surface area (TPSA) is 117 Å². The van der Waals surface area contributed by atoms with Gasteiger partial charge < -0.3 is 19.9 Å². The number of hydrogen-bond acceptors (Lipinski definition) is 7. The van der Waals surface area contributed by atoms with Crippen molar-refractivity contribution in [2.45, 2.75) is 58.5 Å². The van der Waals surface area contributed by atoms with E-state index in [9.17, 15) is 19.9 Å². The summed E-state index contributed by atoms with van der Waals surface area (Å²) in [6.45, 7) is 7.18. The third-order valence-corrected chi connectivity index (χ3v) is 6.34. The zero-order chi connectivity index (χ0) is 24.4. The van der Waals surface area contributed by atoms with Gasteiger partial charge in [0.25, 0.3) is 5.56 Å². The first kappa shape index (κ1) is 22.1. The minimum absolute atomic E-state index is 0.0335. The Hall–Kier alpha value is -3.72. The first-order valence-electron chi connectivity index (χ1n) is 11.1. The van der Waals surface area contributed by atoms with Crippen molar-refractivity contribution in [3.8, 4) is 11.4 Å². The van der Waals surface area contributed by atoms with Crippen LogP contribution in [0.5, 0.6) is 0 Å². The van der Waals surface area contributed by atoms with E-state index < -0.39 is 22.7 Å². The van der Waals surface area contributed by atoms with Crippen LogP contribution in [0.4, 0.5) is 0 Å². The minimum atomic E-state index is -1.94. The number of para-hydroxylation sites is 1. The van der Waals surface area contributed by atoms with Gasteiger partial charge in [0.1, 0.15) is 17.9 Å². The van der Waals surface area contributed by atoms with Gasteiger partial charge in [-0.25, -0.2) is 4.79 Å². The third-order valence-electron chi connectivity index (χ3n) is 6.34. The molecule has 3 aromatic rings. The van der Waals surface area contributed by atoms with Crippen molar-refractivity contribution in [3.63, 3.8) is 0 Å². The number of nitrogens with zero attached hydrogens (tertiary/aromatic N) is 3. The number of carbonyl (C=O) groups is 1. The molecule has 0 saturated heterocycles. The van der Waals surface area contributed by atoms with Gasteiger partial charge >= 0.3 is 5.97 Å². The second kappa shape index (κ2) is 7.39. The first-order valence-corrected chi connectivity index (χ1v) is 11.1. The number of pyridine rings is 2. The van der Waals surface area contributed by atoms with Crippen LogP contribution in [0.25, 0.3) is 22.3 Å². The maximum atomic E-state index is 13.5. The summed E-state index contributed by atoms with van der Waals surface area (Å²) in [7, 11) is 0. The fraction of sp³-hybridized carbons (Fsp3) is 0.360. The van der Waals surface area contributed by atoms with Crippen molar-refractivity contribution < 1.29 is 24.2 Å². The molecule has 0 aliphatic carbocycles. The molecule has 0 bridgehead atoms. The Kier molecular flexibility index (Phi) is 4.80. The number of aromatic nitrogens is 2. The Morgan fingerprint density at radius 1 is 1.29 bits per heavy atom. The Bertz CT molecular complexity index is 1450. The number of rotatable bonds is 3. The van der Waals surface area contributed by atoms with Crippen LogP contribution >= 0.6 is 0 Å². The maximum absolute atomic E-state index is 13.5. The monoisotopic (exact) mass is 463 g/mol. The summed E-state index contributed by atoms with van der Waals surface area (Å²) >= 11 is 0. The van der Waals surface area contributed by atoms with Crippen LogP contribution in [-0.2, 0) is 33.1 Å². The predicted octanol–water partition coefficient (Wildman–Crippen LogP) is 2.47. The molecule has 0 saturated carbocycles. The summed E-state index contributed by atoms with van der Waals surface area (Å²) in [5.74, 6) is -0.800. The summed E-state index contributed by atoms with van der Waals surface area (Å²) in [5.41, 5.74) is -0.130. The molecule has 1 atom stereocenters. The molecule has 0 amide bonds. The summed E-state index contributed by atoms with van der Waals surface area (Å²) in [6.07, 6.45) is 1.60. The van der Waals surface area contributed by atoms with Crippen molar-refractivity contribution in [3.05, 3.63) is 68.1 Å². The van der Waals surface area contributed by atoms with Crippen molar-refractivity contribution in [2.75, 3.05) is 0 Å². The number of ether oxygens (including phenoxy) is 1. The molecule has 9 nitrogen and oxygen atoms in total. The summed E-state index contributed by atoms with van der Waals surface area (Å²) < 4.78 is 7.39. The average Bonchev–Trinajstić information content (AvgIpc) is 3.18. The quantitative estimate of drug-likeness (QED) is 0.164. The number of oxime groups is 1. The molecule has 0 spiro atoms. The Morgan fingerprint density at radius 2 is 2.03 bits per heavy atom. The van der Waals surface area contributed by atoms with Gasteiger partial charge in [-0.05, 0) is 39.3 Å². The highest BCUT2D eigenvalue weighted by Gasteiger charge is 2.46. The van der Waals surface area contributed by atoms with E-state index in [-0.39, 0.29) is 36.4 Å². The zero-order valence-corrected chi connectivity index (χ0v) is 19.4. The normalized spacial score (nSPS) is 19.1. The number of fused-ring (bicyclic) bond motifs is 5. The molecule has 176 valence electrons. The number of esters is 1. The van der Waals surface area contributed by atoms with Crippen LogP contribution in [0.1, 0.15) is 56.4 Å². The molecule has 5 rings (SSSR count). The molecule has 1 N–H and O–H groups in total. The smallest absolute Gasteiger partial charge is 0.343 e. The van der Waals surface area contributed by atoms with E-state index in [1.165, 1.54) is 4.57 Å². The third kappa shape index (κ3) is 3.11. The number of benzene rings is 1. The van der Waals surface area contributed by atoms with E-state index >= 15 is 0 Å². The molecule has 0 unspecified atom stereocenters. The molecule has 2 aliphatic heterocycles. The van der Waals surface area contributed by atoms with Gasteiger partial charge in [-0.1, -0.05) is 24.2 Å². The Labute approximate surface area is 195 Å². The van der Waals surface area contributed by atoms with Gasteiger partial charge in [-0.15, -0.1) is 0 Å². The fourth-order valence-corrected chi connectivity index (χ4v) is 4.63. The van der Waals surface area contributed by atoms with E-state index in [4.69, 9.17) is 9.57 Å². The lowest BCUT2D eigenvalue weighted by atomic mass is 9.86. The molecule has 1 aromatic carbocycles. The van der Waals surface area contributed by atoms with E-state index in [0.29, 0.717) is 27.7 Å². The fourth-order valence-electron chi connectivity index (χ4n) is 4.63. The highest BCUT2D eigenvalue weighted by Crippen LogP contribution is 2.39. The molecular formula is C25H25N3O6. The van der Waals surface area contributed by atoms with Crippen molar-refractivity contribution >= 4 is 23.1 Å². The number of cyclic esters (lactones) is 1.